The summed E-state index contributed by atoms with van der Waals surface area (Å²) >= 11 is 3.31. The highest BCUT2D eigenvalue weighted by atomic mass is 79.9. The summed E-state index contributed by atoms with van der Waals surface area (Å²) < 4.78 is 28.2. The minimum Gasteiger partial charge on any atom is -0.324 e. The van der Waals surface area contributed by atoms with Crippen molar-refractivity contribution in [2.75, 3.05) is 6.54 Å². The van der Waals surface area contributed by atoms with Crippen LogP contribution in [0.3, 0.4) is 0 Å². The third-order valence-corrected chi connectivity index (χ3v) is 5.94. The van der Waals surface area contributed by atoms with Gasteiger partial charge in [-0.2, -0.15) is 0 Å². The molecule has 1 aromatic rings. The van der Waals surface area contributed by atoms with Gasteiger partial charge in [-0.1, -0.05) is 41.3 Å². The van der Waals surface area contributed by atoms with E-state index in [4.69, 9.17) is 5.73 Å². The Morgan fingerprint density at radius 2 is 1.95 bits per heavy atom. The molecule has 0 radical (unpaired) electrons. The van der Waals surface area contributed by atoms with Crippen molar-refractivity contribution in [2.24, 2.45) is 5.73 Å². The van der Waals surface area contributed by atoms with Crippen LogP contribution in [-0.2, 0) is 10.0 Å². The molecule has 112 valence electrons. The molecule has 6 heteroatoms. The van der Waals surface area contributed by atoms with Gasteiger partial charge in [-0.25, -0.2) is 13.1 Å². The number of halogens is 1. The van der Waals surface area contributed by atoms with Crippen molar-refractivity contribution in [1.82, 2.24) is 4.72 Å². The summed E-state index contributed by atoms with van der Waals surface area (Å²) in [5.41, 5.74) is 6.61. The fourth-order valence-corrected chi connectivity index (χ4v) is 4.53. The number of benzene rings is 1. The number of hydrogen-bond donors (Lipinski definition) is 2. The maximum Gasteiger partial charge on any atom is 0.240 e. The van der Waals surface area contributed by atoms with Gasteiger partial charge in [0, 0.05) is 16.6 Å². The molecule has 1 aliphatic carbocycles. The molecular formula is C14H21BrN2O2S. The Labute approximate surface area is 129 Å². The van der Waals surface area contributed by atoms with Crippen LogP contribution < -0.4 is 10.5 Å². The summed E-state index contributed by atoms with van der Waals surface area (Å²) in [5.74, 6) is 0. The zero-order valence-electron chi connectivity index (χ0n) is 11.7. The lowest BCUT2D eigenvalue weighted by Gasteiger charge is -2.33. The first-order chi connectivity index (χ1) is 9.32. The lowest BCUT2D eigenvalue weighted by Crippen LogP contribution is -2.51. The number of aryl methyl sites for hydroxylation is 1. The van der Waals surface area contributed by atoms with E-state index >= 15 is 0 Å². The first-order valence-corrected chi connectivity index (χ1v) is 9.15. The van der Waals surface area contributed by atoms with Crippen LogP contribution in [0.2, 0.25) is 0 Å². The van der Waals surface area contributed by atoms with Crippen molar-refractivity contribution in [3.05, 3.63) is 28.2 Å². The molecule has 4 nitrogen and oxygen atoms in total. The van der Waals surface area contributed by atoms with Crippen molar-refractivity contribution in [3.8, 4) is 0 Å². The van der Waals surface area contributed by atoms with Crippen molar-refractivity contribution >= 4 is 26.0 Å². The molecule has 2 rings (SSSR count). The quantitative estimate of drug-likeness (QED) is 0.866. The van der Waals surface area contributed by atoms with Gasteiger partial charge >= 0.3 is 0 Å². The van der Waals surface area contributed by atoms with Crippen molar-refractivity contribution in [2.45, 2.75) is 49.5 Å². The monoisotopic (exact) mass is 360 g/mol. The largest absolute Gasteiger partial charge is 0.324 e. The predicted molar refractivity (Wildman–Crippen MR) is 84.1 cm³/mol. The third kappa shape index (κ3) is 3.81. The zero-order chi connectivity index (χ0) is 14.8. The van der Waals surface area contributed by atoms with Crippen LogP contribution in [0.5, 0.6) is 0 Å². The second-order valence-electron chi connectivity index (χ2n) is 5.66. The van der Waals surface area contributed by atoms with Crippen molar-refractivity contribution in [1.29, 1.82) is 0 Å². The second kappa shape index (κ2) is 6.13. The van der Waals surface area contributed by atoms with Gasteiger partial charge in [-0.05, 0) is 37.5 Å². The van der Waals surface area contributed by atoms with Crippen LogP contribution in [0, 0.1) is 6.92 Å². The summed E-state index contributed by atoms with van der Waals surface area (Å²) in [6, 6.07) is 5.25. The topological polar surface area (TPSA) is 72.2 Å². The van der Waals surface area contributed by atoms with E-state index in [-0.39, 0.29) is 0 Å². The third-order valence-electron chi connectivity index (χ3n) is 3.90. The van der Waals surface area contributed by atoms with Crippen LogP contribution in [0.1, 0.15) is 37.7 Å². The number of rotatable bonds is 4. The Bertz CT molecular complexity index is 581. The van der Waals surface area contributed by atoms with E-state index in [9.17, 15) is 8.42 Å². The van der Waals surface area contributed by atoms with Gasteiger partial charge in [0.1, 0.15) is 0 Å². The van der Waals surface area contributed by atoms with E-state index in [0.717, 1.165) is 35.7 Å². The molecule has 0 saturated heterocycles. The highest BCUT2D eigenvalue weighted by Gasteiger charge is 2.29. The molecule has 20 heavy (non-hydrogen) atoms. The minimum absolute atomic E-state index is 0.307. The minimum atomic E-state index is -3.51. The lowest BCUT2D eigenvalue weighted by atomic mass is 9.83. The van der Waals surface area contributed by atoms with E-state index in [1.165, 1.54) is 6.42 Å². The van der Waals surface area contributed by atoms with Crippen LogP contribution in [0.15, 0.2) is 27.6 Å². The first kappa shape index (κ1) is 15.9. The molecule has 0 aliphatic heterocycles. The highest BCUT2D eigenvalue weighted by Crippen LogP contribution is 2.26. The fraction of sp³-hybridized carbons (Fsp3) is 0.571. The summed E-state index contributed by atoms with van der Waals surface area (Å²) in [5, 5.41) is 0. The van der Waals surface area contributed by atoms with Gasteiger partial charge in [-0.15, -0.1) is 0 Å². The first-order valence-electron chi connectivity index (χ1n) is 6.87. The molecular weight excluding hydrogens is 340 g/mol. The Hall–Kier alpha value is -0.430. The van der Waals surface area contributed by atoms with E-state index in [0.29, 0.717) is 11.4 Å². The average Bonchev–Trinajstić information content (AvgIpc) is 2.40. The van der Waals surface area contributed by atoms with Gasteiger partial charge in [0.05, 0.1) is 4.90 Å². The van der Waals surface area contributed by atoms with Gasteiger partial charge in [0.2, 0.25) is 10.0 Å². The Balaban J connectivity index is 2.13. The summed E-state index contributed by atoms with van der Waals surface area (Å²) in [7, 11) is -3.51. The molecule has 0 unspecified atom stereocenters. The molecule has 1 saturated carbocycles. The number of nitrogens with two attached hydrogens (primary N) is 1. The number of hydrogen-bond acceptors (Lipinski definition) is 3. The normalized spacial score (nSPS) is 18.9. The van der Waals surface area contributed by atoms with Gasteiger partial charge in [0.15, 0.2) is 0 Å². The van der Waals surface area contributed by atoms with E-state index in [1.54, 1.807) is 19.1 Å². The molecule has 0 amide bonds. The van der Waals surface area contributed by atoms with Crippen molar-refractivity contribution in [3.63, 3.8) is 0 Å². The maximum absolute atomic E-state index is 12.4. The van der Waals surface area contributed by atoms with Gasteiger partial charge in [0.25, 0.3) is 0 Å². The smallest absolute Gasteiger partial charge is 0.240 e. The van der Waals surface area contributed by atoms with Crippen LogP contribution in [0.4, 0.5) is 0 Å². The maximum atomic E-state index is 12.4. The predicted octanol–water partition coefficient (Wildman–Crippen LogP) is 2.70. The van der Waals surface area contributed by atoms with E-state index in [1.807, 2.05) is 6.07 Å². The van der Waals surface area contributed by atoms with Crippen LogP contribution in [0.25, 0.3) is 0 Å². The SMILES string of the molecule is Cc1ccc(Br)cc1S(=O)(=O)NCC1(N)CCCCC1. The average molecular weight is 361 g/mol. The van der Waals surface area contributed by atoms with Crippen LogP contribution >= 0.6 is 15.9 Å². The van der Waals surface area contributed by atoms with E-state index in [2.05, 4.69) is 20.7 Å². The Morgan fingerprint density at radius 1 is 1.30 bits per heavy atom. The molecule has 1 aliphatic rings. The second-order valence-corrected chi connectivity index (χ2v) is 8.31. The Kier molecular flexibility index (Phi) is 4.89. The Morgan fingerprint density at radius 3 is 2.60 bits per heavy atom. The van der Waals surface area contributed by atoms with Gasteiger partial charge in [-0.3, -0.25) is 0 Å². The molecule has 0 atom stereocenters. The zero-order valence-corrected chi connectivity index (χ0v) is 14.1. The van der Waals surface area contributed by atoms with Gasteiger partial charge < -0.3 is 5.73 Å². The highest BCUT2D eigenvalue weighted by molar-refractivity contribution is 9.10. The summed E-state index contributed by atoms with van der Waals surface area (Å²) in [6.07, 6.45) is 5.11. The molecule has 0 heterocycles. The standard InChI is InChI=1S/C14H21BrN2O2S/c1-11-5-6-12(15)9-13(11)20(18,19)17-10-14(16)7-3-2-4-8-14/h5-6,9,17H,2-4,7-8,10,16H2,1H3. The molecule has 1 fully saturated rings. The molecule has 0 spiro atoms. The summed E-state index contributed by atoms with van der Waals surface area (Å²) in [6.45, 7) is 2.10. The lowest BCUT2D eigenvalue weighted by molar-refractivity contribution is 0.296. The van der Waals surface area contributed by atoms with E-state index < -0.39 is 15.6 Å². The number of nitrogens with one attached hydrogen (secondary N) is 1. The number of sulfonamides is 1. The van der Waals surface area contributed by atoms with Crippen LogP contribution in [-0.4, -0.2) is 20.5 Å². The molecule has 1 aromatic carbocycles. The molecule has 0 aromatic heterocycles. The van der Waals surface area contributed by atoms with Crippen molar-refractivity contribution < 1.29 is 8.42 Å². The summed E-state index contributed by atoms with van der Waals surface area (Å²) in [4.78, 5) is 0.311. The molecule has 0 bridgehead atoms. The molecule has 3 N–H and O–H groups in total. The fourth-order valence-electron chi connectivity index (χ4n) is 2.61.